The number of nitrogens with zero attached hydrogens (tertiary/aromatic N) is 1. The molecule has 1 unspecified atom stereocenters. The van der Waals surface area contributed by atoms with Crippen molar-refractivity contribution >= 4 is 5.91 Å². The number of halogens is 1. The van der Waals surface area contributed by atoms with E-state index in [1.807, 2.05) is 36.1 Å². The van der Waals surface area contributed by atoms with Gasteiger partial charge in [-0.25, -0.2) is 4.39 Å². The Kier molecular flexibility index (Phi) is 4.20. The summed E-state index contributed by atoms with van der Waals surface area (Å²) in [7, 11) is 0. The number of morpholine rings is 1. The van der Waals surface area contributed by atoms with Crippen LogP contribution in [0.4, 0.5) is 4.39 Å². The van der Waals surface area contributed by atoms with E-state index in [9.17, 15) is 9.18 Å². The van der Waals surface area contributed by atoms with Gasteiger partial charge in [0.25, 0.3) is 5.91 Å². The quantitative estimate of drug-likeness (QED) is 0.851. The minimum absolute atomic E-state index is 0.0127. The lowest BCUT2D eigenvalue weighted by atomic mass is 10.0. The topological polar surface area (TPSA) is 29.5 Å². The Labute approximate surface area is 129 Å². The first kappa shape index (κ1) is 14.7. The Hall–Kier alpha value is -2.20. The standard InChI is InChI=1S/C18H18FNO2/c1-13-3-2-4-15(11-13)18(21)20-9-10-22-12-17(20)14-5-7-16(19)8-6-14/h2-8,11,17H,9-10,12H2,1H3. The average molecular weight is 299 g/mol. The normalized spacial score (nSPS) is 18.3. The van der Waals surface area contributed by atoms with Gasteiger partial charge in [-0.05, 0) is 36.8 Å². The second kappa shape index (κ2) is 6.28. The maximum Gasteiger partial charge on any atom is 0.254 e. The van der Waals surface area contributed by atoms with Crippen molar-refractivity contribution in [2.75, 3.05) is 19.8 Å². The Bertz CT molecular complexity index is 669. The average Bonchev–Trinajstić information content (AvgIpc) is 2.55. The van der Waals surface area contributed by atoms with Crippen molar-refractivity contribution in [1.82, 2.24) is 4.90 Å². The van der Waals surface area contributed by atoms with Crippen LogP contribution >= 0.6 is 0 Å². The number of ether oxygens (including phenoxy) is 1. The maximum atomic E-state index is 13.1. The molecule has 114 valence electrons. The molecule has 1 aliphatic heterocycles. The lowest BCUT2D eigenvalue weighted by Crippen LogP contribution is -2.43. The first-order chi connectivity index (χ1) is 10.6. The van der Waals surface area contributed by atoms with Crippen LogP contribution in [0.5, 0.6) is 0 Å². The van der Waals surface area contributed by atoms with Crippen molar-refractivity contribution in [2.24, 2.45) is 0 Å². The lowest BCUT2D eigenvalue weighted by Gasteiger charge is -2.36. The third-order valence-electron chi connectivity index (χ3n) is 3.91. The minimum atomic E-state index is -0.281. The summed E-state index contributed by atoms with van der Waals surface area (Å²) < 4.78 is 18.6. The van der Waals surface area contributed by atoms with E-state index in [0.29, 0.717) is 25.3 Å². The summed E-state index contributed by atoms with van der Waals surface area (Å²) in [6.07, 6.45) is 0. The number of amides is 1. The molecule has 0 saturated carbocycles. The smallest absolute Gasteiger partial charge is 0.254 e. The zero-order chi connectivity index (χ0) is 15.5. The molecule has 4 heteroatoms. The monoisotopic (exact) mass is 299 g/mol. The first-order valence-corrected chi connectivity index (χ1v) is 7.36. The van der Waals surface area contributed by atoms with Gasteiger partial charge in [0, 0.05) is 12.1 Å². The Morgan fingerprint density at radius 1 is 1.23 bits per heavy atom. The highest BCUT2D eigenvalue weighted by Gasteiger charge is 2.29. The number of carbonyl (C=O) groups is 1. The number of benzene rings is 2. The van der Waals surface area contributed by atoms with Crippen molar-refractivity contribution in [3.63, 3.8) is 0 Å². The molecular formula is C18H18FNO2. The molecule has 1 atom stereocenters. The van der Waals surface area contributed by atoms with Crippen LogP contribution in [0.2, 0.25) is 0 Å². The van der Waals surface area contributed by atoms with Crippen molar-refractivity contribution in [1.29, 1.82) is 0 Å². The summed E-state index contributed by atoms with van der Waals surface area (Å²) in [4.78, 5) is 14.6. The molecule has 3 nitrogen and oxygen atoms in total. The van der Waals surface area contributed by atoms with Crippen molar-refractivity contribution < 1.29 is 13.9 Å². The van der Waals surface area contributed by atoms with Crippen molar-refractivity contribution in [3.8, 4) is 0 Å². The maximum absolute atomic E-state index is 13.1. The van der Waals surface area contributed by atoms with Gasteiger partial charge in [-0.15, -0.1) is 0 Å². The van der Waals surface area contributed by atoms with Crippen molar-refractivity contribution in [2.45, 2.75) is 13.0 Å². The Morgan fingerprint density at radius 3 is 2.73 bits per heavy atom. The fourth-order valence-corrected chi connectivity index (χ4v) is 2.75. The summed E-state index contributed by atoms with van der Waals surface area (Å²) in [6, 6.07) is 13.6. The van der Waals surface area contributed by atoms with Crippen LogP contribution in [0.1, 0.15) is 27.5 Å². The van der Waals surface area contributed by atoms with Gasteiger partial charge in [-0.1, -0.05) is 29.8 Å². The highest BCUT2D eigenvalue weighted by atomic mass is 19.1. The van der Waals surface area contributed by atoms with Gasteiger partial charge in [0.15, 0.2) is 0 Å². The van der Waals surface area contributed by atoms with E-state index in [0.717, 1.165) is 11.1 Å². The highest BCUT2D eigenvalue weighted by Crippen LogP contribution is 2.26. The molecule has 0 aromatic heterocycles. The van der Waals surface area contributed by atoms with Gasteiger partial charge in [0.05, 0.1) is 19.3 Å². The molecule has 0 aliphatic carbocycles. The van der Waals surface area contributed by atoms with E-state index in [1.54, 1.807) is 12.1 Å². The molecular weight excluding hydrogens is 281 g/mol. The molecule has 0 spiro atoms. The van der Waals surface area contributed by atoms with E-state index in [2.05, 4.69) is 0 Å². The first-order valence-electron chi connectivity index (χ1n) is 7.36. The molecule has 0 bridgehead atoms. The van der Waals surface area contributed by atoms with E-state index >= 15 is 0 Å². The highest BCUT2D eigenvalue weighted by molar-refractivity contribution is 5.94. The van der Waals surface area contributed by atoms with Gasteiger partial charge >= 0.3 is 0 Å². The SMILES string of the molecule is Cc1cccc(C(=O)N2CCOCC2c2ccc(F)cc2)c1. The van der Waals surface area contributed by atoms with Gasteiger partial charge < -0.3 is 9.64 Å². The second-order valence-electron chi connectivity index (χ2n) is 5.51. The zero-order valence-electron chi connectivity index (χ0n) is 12.5. The molecule has 2 aromatic carbocycles. The third-order valence-corrected chi connectivity index (χ3v) is 3.91. The fourth-order valence-electron chi connectivity index (χ4n) is 2.75. The predicted molar refractivity (Wildman–Crippen MR) is 82.2 cm³/mol. The number of rotatable bonds is 2. The van der Waals surface area contributed by atoms with Gasteiger partial charge in [0.2, 0.25) is 0 Å². The second-order valence-corrected chi connectivity index (χ2v) is 5.51. The van der Waals surface area contributed by atoms with E-state index in [-0.39, 0.29) is 17.8 Å². The largest absolute Gasteiger partial charge is 0.377 e. The van der Waals surface area contributed by atoms with Crippen LogP contribution in [0.15, 0.2) is 48.5 Å². The number of aryl methyl sites for hydroxylation is 1. The van der Waals surface area contributed by atoms with E-state index in [4.69, 9.17) is 4.74 Å². The van der Waals surface area contributed by atoms with E-state index < -0.39 is 0 Å². The van der Waals surface area contributed by atoms with Crippen LogP contribution in [0, 0.1) is 12.7 Å². The molecule has 1 saturated heterocycles. The number of hydrogen-bond donors (Lipinski definition) is 0. The zero-order valence-corrected chi connectivity index (χ0v) is 12.5. The lowest BCUT2D eigenvalue weighted by molar-refractivity contribution is -0.00271. The van der Waals surface area contributed by atoms with Crippen LogP contribution < -0.4 is 0 Å². The minimum Gasteiger partial charge on any atom is -0.377 e. The number of hydrogen-bond acceptors (Lipinski definition) is 2. The summed E-state index contributed by atoms with van der Waals surface area (Å²) in [5.74, 6) is -0.293. The van der Waals surface area contributed by atoms with Gasteiger partial charge in [0.1, 0.15) is 5.82 Å². The molecule has 1 fully saturated rings. The van der Waals surface area contributed by atoms with E-state index in [1.165, 1.54) is 12.1 Å². The summed E-state index contributed by atoms with van der Waals surface area (Å²) in [5.41, 5.74) is 2.62. The predicted octanol–water partition coefficient (Wildman–Crippen LogP) is 3.35. The Balaban J connectivity index is 1.89. The van der Waals surface area contributed by atoms with Crippen LogP contribution in [0.25, 0.3) is 0 Å². The van der Waals surface area contributed by atoms with Gasteiger partial charge in [-0.2, -0.15) is 0 Å². The molecule has 1 heterocycles. The number of carbonyl (C=O) groups excluding carboxylic acids is 1. The molecule has 3 rings (SSSR count). The van der Waals surface area contributed by atoms with Crippen LogP contribution in [0.3, 0.4) is 0 Å². The van der Waals surface area contributed by atoms with Crippen molar-refractivity contribution in [3.05, 3.63) is 71.0 Å². The summed E-state index contributed by atoms with van der Waals surface area (Å²) >= 11 is 0. The summed E-state index contributed by atoms with van der Waals surface area (Å²) in [6.45, 7) is 3.46. The Morgan fingerprint density at radius 2 is 2.00 bits per heavy atom. The molecule has 0 radical (unpaired) electrons. The van der Waals surface area contributed by atoms with Crippen LogP contribution in [-0.2, 0) is 4.74 Å². The van der Waals surface area contributed by atoms with Crippen LogP contribution in [-0.4, -0.2) is 30.6 Å². The molecule has 0 N–H and O–H groups in total. The molecule has 22 heavy (non-hydrogen) atoms. The molecule has 1 aliphatic rings. The molecule has 1 amide bonds. The summed E-state index contributed by atoms with van der Waals surface area (Å²) in [5, 5.41) is 0. The van der Waals surface area contributed by atoms with Gasteiger partial charge in [-0.3, -0.25) is 4.79 Å². The fraction of sp³-hybridized carbons (Fsp3) is 0.278. The molecule has 2 aromatic rings. The third kappa shape index (κ3) is 3.02.